The Kier molecular flexibility index (Phi) is 4.07. The van der Waals surface area contributed by atoms with Crippen LogP contribution in [0.15, 0.2) is 18.2 Å². The largest absolute Gasteiger partial charge is 0.496 e. The second kappa shape index (κ2) is 5.34. The molecule has 3 nitrogen and oxygen atoms in total. The van der Waals surface area contributed by atoms with E-state index in [0.29, 0.717) is 12.3 Å². The van der Waals surface area contributed by atoms with Gasteiger partial charge in [0, 0.05) is 30.6 Å². The first kappa shape index (κ1) is 15.3. The highest BCUT2D eigenvalue weighted by molar-refractivity contribution is 5.34. The summed E-state index contributed by atoms with van der Waals surface area (Å²) in [6.07, 6.45) is 0.720. The minimum absolute atomic E-state index is 0.189. The summed E-state index contributed by atoms with van der Waals surface area (Å²) in [4.78, 5) is 2.25. The van der Waals surface area contributed by atoms with Crippen molar-refractivity contribution in [3.8, 4) is 5.75 Å². The van der Waals surface area contributed by atoms with Gasteiger partial charge in [0.1, 0.15) is 11.6 Å². The molecule has 20 heavy (non-hydrogen) atoms. The number of hydrogen-bond acceptors (Lipinski definition) is 3. The Bertz CT molecular complexity index is 485. The molecule has 0 amide bonds. The van der Waals surface area contributed by atoms with Gasteiger partial charge in [-0.15, -0.1) is 0 Å². The lowest BCUT2D eigenvalue weighted by atomic mass is 9.71. The van der Waals surface area contributed by atoms with Crippen LogP contribution in [-0.2, 0) is 6.54 Å². The highest BCUT2D eigenvalue weighted by atomic mass is 19.1. The molecule has 0 bridgehead atoms. The average molecular weight is 281 g/mol. The lowest BCUT2D eigenvalue weighted by Gasteiger charge is -2.48. The van der Waals surface area contributed by atoms with Crippen LogP contribution in [0.1, 0.15) is 32.8 Å². The number of aliphatic hydroxyl groups is 1. The van der Waals surface area contributed by atoms with E-state index in [4.69, 9.17) is 4.74 Å². The summed E-state index contributed by atoms with van der Waals surface area (Å²) in [5, 5.41) is 10.4. The van der Waals surface area contributed by atoms with Crippen LogP contribution in [0.25, 0.3) is 0 Å². The molecule has 0 unspecified atom stereocenters. The van der Waals surface area contributed by atoms with Crippen molar-refractivity contribution in [2.45, 2.75) is 39.3 Å². The summed E-state index contributed by atoms with van der Waals surface area (Å²) in [5.41, 5.74) is 0.00581. The van der Waals surface area contributed by atoms with Crippen LogP contribution in [0.4, 0.5) is 4.39 Å². The van der Waals surface area contributed by atoms with Crippen LogP contribution < -0.4 is 4.74 Å². The first-order valence-electron chi connectivity index (χ1n) is 7.02. The Balaban J connectivity index is 2.14. The average Bonchev–Trinajstić information content (AvgIpc) is 2.34. The van der Waals surface area contributed by atoms with Gasteiger partial charge in [-0.2, -0.15) is 0 Å². The lowest BCUT2D eigenvalue weighted by molar-refractivity contribution is -0.107. The lowest BCUT2D eigenvalue weighted by Crippen LogP contribution is -2.55. The molecular weight excluding hydrogens is 257 g/mol. The Morgan fingerprint density at radius 3 is 2.65 bits per heavy atom. The van der Waals surface area contributed by atoms with Crippen LogP contribution in [0.2, 0.25) is 0 Å². The Labute approximate surface area is 120 Å². The molecule has 1 saturated heterocycles. The predicted octanol–water partition coefficient (Wildman–Crippen LogP) is 2.82. The third kappa shape index (κ3) is 2.96. The van der Waals surface area contributed by atoms with E-state index >= 15 is 0 Å². The second-order valence-corrected chi connectivity index (χ2v) is 6.57. The van der Waals surface area contributed by atoms with Crippen molar-refractivity contribution in [2.24, 2.45) is 5.41 Å². The SMILES string of the molecule is COc1ccc(F)cc1CN1CC[C@@](C)(O)C(C)(C)C1. The maximum Gasteiger partial charge on any atom is 0.123 e. The van der Waals surface area contributed by atoms with Crippen molar-refractivity contribution < 1.29 is 14.2 Å². The fourth-order valence-corrected chi connectivity index (χ4v) is 2.77. The van der Waals surface area contributed by atoms with E-state index in [1.54, 1.807) is 13.2 Å². The smallest absolute Gasteiger partial charge is 0.123 e. The van der Waals surface area contributed by atoms with E-state index in [0.717, 1.165) is 25.1 Å². The summed E-state index contributed by atoms with van der Waals surface area (Å²) >= 11 is 0. The van der Waals surface area contributed by atoms with Crippen molar-refractivity contribution in [3.63, 3.8) is 0 Å². The van der Waals surface area contributed by atoms with Crippen LogP contribution >= 0.6 is 0 Å². The minimum atomic E-state index is -0.657. The van der Waals surface area contributed by atoms with Gasteiger partial charge in [0.2, 0.25) is 0 Å². The van der Waals surface area contributed by atoms with Crippen molar-refractivity contribution >= 4 is 0 Å². The summed E-state index contributed by atoms with van der Waals surface area (Å²) in [7, 11) is 1.60. The molecule has 2 rings (SSSR count). The van der Waals surface area contributed by atoms with Gasteiger partial charge in [-0.3, -0.25) is 4.90 Å². The van der Waals surface area contributed by atoms with Crippen molar-refractivity contribution in [1.29, 1.82) is 0 Å². The number of hydrogen-bond donors (Lipinski definition) is 1. The minimum Gasteiger partial charge on any atom is -0.496 e. The molecule has 112 valence electrons. The van der Waals surface area contributed by atoms with E-state index in [9.17, 15) is 9.50 Å². The van der Waals surface area contributed by atoms with Crippen LogP contribution in [0.5, 0.6) is 5.75 Å². The number of piperidine rings is 1. The quantitative estimate of drug-likeness (QED) is 0.924. The normalized spacial score (nSPS) is 26.5. The molecule has 1 aliphatic rings. The van der Waals surface area contributed by atoms with Crippen LogP contribution in [-0.4, -0.2) is 35.8 Å². The van der Waals surface area contributed by atoms with Crippen molar-refractivity contribution in [1.82, 2.24) is 4.90 Å². The molecule has 0 radical (unpaired) electrons. The second-order valence-electron chi connectivity index (χ2n) is 6.57. The summed E-state index contributed by atoms with van der Waals surface area (Å²) < 4.78 is 18.7. The van der Waals surface area contributed by atoms with Gasteiger partial charge in [-0.25, -0.2) is 4.39 Å². The van der Waals surface area contributed by atoms with Gasteiger partial charge in [-0.05, 0) is 31.5 Å². The predicted molar refractivity (Wildman–Crippen MR) is 77.3 cm³/mol. The van der Waals surface area contributed by atoms with E-state index in [2.05, 4.69) is 18.7 Å². The maximum absolute atomic E-state index is 13.4. The zero-order valence-electron chi connectivity index (χ0n) is 12.7. The highest BCUT2D eigenvalue weighted by Gasteiger charge is 2.43. The van der Waals surface area contributed by atoms with Gasteiger partial charge >= 0.3 is 0 Å². The zero-order chi connectivity index (χ0) is 15.0. The number of halogens is 1. The molecule has 1 aromatic rings. The number of benzene rings is 1. The Hall–Kier alpha value is -1.13. The first-order chi connectivity index (χ1) is 9.25. The summed E-state index contributed by atoms with van der Waals surface area (Å²) in [6.45, 7) is 8.26. The zero-order valence-corrected chi connectivity index (χ0v) is 12.7. The Morgan fingerprint density at radius 2 is 2.05 bits per heavy atom. The molecule has 1 atom stereocenters. The van der Waals surface area contributed by atoms with E-state index in [1.807, 2.05) is 6.92 Å². The first-order valence-corrected chi connectivity index (χ1v) is 7.02. The standard InChI is InChI=1S/C16H24FNO2/c1-15(2)11-18(8-7-16(15,3)19)10-12-9-13(17)5-6-14(12)20-4/h5-6,9,19H,7-8,10-11H2,1-4H3/t16-/m1/s1. The molecule has 1 fully saturated rings. The number of nitrogens with zero attached hydrogens (tertiary/aromatic N) is 1. The molecule has 0 spiro atoms. The fraction of sp³-hybridized carbons (Fsp3) is 0.625. The summed E-state index contributed by atoms with van der Waals surface area (Å²) in [6, 6.07) is 4.60. The van der Waals surface area contributed by atoms with Crippen LogP contribution in [0, 0.1) is 11.2 Å². The molecule has 1 aromatic carbocycles. The number of ether oxygens (including phenoxy) is 1. The monoisotopic (exact) mass is 281 g/mol. The van der Waals surface area contributed by atoms with Crippen molar-refractivity contribution in [2.75, 3.05) is 20.2 Å². The van der Waals surface area contributed by atoms with Gasteiger partial charge in [-0.1, -0.05) is 13.8 Å². The van der Waals surface area contributed by atoms with E-state index in [1.165, 1.54) is 12.1 Å². The molecule has 1 N–H and O–H groups in total. The van der Waals surface area contributed by atoms with Crippen molar-refractivity contribution in [3.05, 3.63) is 29.6 Å². The topological polar surface area (TPSA) is 32.7 Å². The molecule has 4 heteroatoms. The third-order valence-corrected chi connectivity index (χ3v) is 4.63. The molecule has 1 aliphatic heterocycles. The van der Waals surface area contributed by atoms with E-state index in [-0.39, 0.29) is 11.2 Å². The maximum atomic E-state index is 13.4. The van der Waals surface area contributed by atoms with E-state index < -0.39 is 5.60 Å². The van der Waals surface area contributed by atoms with Gasteiger partial charge < -0.3 is 9.84 Å². The third-order valence-electron chi connectivity index (χ3n) is 4.63. The van der Waals surface area contributed by atoms with Gasteiger partial charge in [0.25, 0.3) is 0 Å². The van der Waals surface area contributed by atoms with Gasteiger partial charge in [0.15, 0.2) is 0 Å². The summed E-state index contributed by atoms with van der Waals surface area (Å²) in [5.74, 6) is 0.464. The number of rotatable bonds is 3. The Morgan fingerprint density at radius 1 is 1.35 bits per heavy atom. The molecule has 0 saturated carbocycles. The molecule has 0 aromatic heterocycles. The number of methoxy groups -OCH3 is 1. The van der Waals surface area contributed by atoms with Gasteiger partial charge in [0.05, 0.1) is 12.7 Å². The molecular formula is C16H24FNO2. The fourth-order valence-electron chi connectivity index (χ4n) is 2.77. The highest BCUT2D eigenvalue weighted by Crippen LogP contribution is 2.39. The molecule has 0 aliphatic carbocycles. The van der Waals surface area contributed by atoms with Crippen LogP contribution in [0.3, 0.4) is 0 Å². The number of likely N-dealkylation sites (tertiary alicyclic amines) is 1. The molecule has 1 heterocycles.